The molecule has 0 spiro atoms. The summed E-state index contributed by atoms with van der Waals surface area (Å²) in [5.74, 6) is -0.234. The number of carbonyl (C=O) groups is 1. The number of rotatable bonds is 3. The summed E-state index contributed by atoms with van der Waals surface area (Å²) in [4.78, 5) is 11.4. The summed E-state index contributed by atoms with van der Waals surface area (Å²) in [7, 11) is 0. The molecule has 4 nitrogen and oxygen atoms in total. The summed E-state index contributed by atoms with van der Waals surface area (Å²) < 4.78 is 0. The lowest BCUT2D eigenvalue weighted by molar-refractivity contribution is 0.0955. The number of nitrogens with one attached hydrogen (secondary N) is 1. The van der Waals surface area contributed by atoms with Gasteiger partial charge >= 0.3 is 0 Å². The second-order valence-corrected chi connectivity index (χ2v) is 2.94. The van der Waals surface area contributed by atoms with Crippen molar-refractivity contribution < 1.29 is 4.79 Å². The van der Waals surface area contributed by atoms with Gasteiger partial charge in [0, 0.05) is 17.8 Å². The van der Waals surface area contributed by atoms with Crippen LogP contribution in [0.4, 0.5) is 0 Å². The zero-order valence-electron chi connectivity index (χ0n) is 7.97. The van der Waals surface area contributed by atoms with Gasteiger partial charge in [0.2, 0.25) is 0 Å². The third-order valence-corrected chi connectivity index (χ3v) is 1.51. The Balaban J connectivity index is 2.52. The SMILES string of the molecule is CC(N)C=NNC(=O)c1ccccc1. The molecule has 0 fully saturated rings. The number of hydrogen-bond acceptors (Lipinski definition) is 3. The number of nitrogens with zero attached hydrogens (tertiary/aromatic N) is 1. The van der Waals surface area contributed by atoms with Crippen molar-refractivity contribution in [3.63, 3.8) is 0 Å². The molecule has 0 aliphatic heterocycles. The van der Waals surface area contributed by atoms with Crippen molar-refractivity contribution in [2.75, 3.05) is 0 Å². The van der Waals surface area contributed by atoms with Crippen LogP contribution in [0.25, 0.3) is 0 Å². The number of amides is 1. The molecule has 0 aromatic heterocycles. The molecule has 0 saturated carbocycles. The molecule has 4 heteroatoms. The molecule has 1 rings (SSSR count). The highest BCUT2D eigenvalue weighted by atomic mass is 16.2. The maximum Gasteiger partial charge on any atom is 0.271 e. The Morgan fingerprint density at radius 1 is 1.50 bits per heavy atom. The average Bonchev–Trinajstić information content (AvgIpc) is 2.18. The molecular weight excluding hydrogens is 178 g/mol. The van der Waals surface area contributed by atoms with Crippen molar-refractivity contribution in [3.8, 4) is 0 Å². The van der Waals surface area contributed by atoms with Crippen LogP contribution in [0, 0.1) is 0 Å². The summed E-state index contributed by atoms with van der Waals surface area (Å²) in [6.07, 6.45) is 1.47. The van der Waals surface area contributed by atoms with E-state index in [2.05, 4.69) is 10.5 Å². The summed E-state index contributed by atoms with van der Waals surface area (Å²) in [6.45, 7) is 1.78. The number of hydrazone groups is 1. The largest absolute Gasteiger partial charge is 0.323 e. The molecule has 0 aliphatic rings. The molecule has 14 heavy (non-hydrogen) atoms. The van der Waals surface area contributed by atoms with Gasteiger partial charge in [-0.2, -0.15) is 5.10 Å². The minimum absolute atomic E-state index is 0.161. The van der Waals surface area contributed by atoms with Crippen molar-refractivity contribution in [2.45, 2.75) is 13.0 Å². The molecule has 1 aromatic carbocycles. The van der Waals surface area contributed by atoms with Crippen LogP contribution >= 0.6 is 0 Å². The van der Waals surface area contributed by atoms with E-state index in [9.17, 15) is 4.79 Å². The second kappa shape index (κ2) is 5.14. The smallest absolute Gasteiger partial charge is 0.271 e. The van der Waals surface area contributed by atoms with Gasteiger partial charge in [0.1, 0.15) is 0 Å². The molecule has 0 bridgehead atoms. The fraction of sp³-hybridized carbons (Fsp3) is 0.200. The van der Waals surface area contributed by atoms with Gasteiger partial charge in [0.25, 0.3) is 5.91 Å². The van der Waals surface area contributed by atoms with Crippen LogP contribution in [-0.2, 0) is 0 Å². The zero-order valence-corrected chi connectivity index (χ0v) is 7.97. The number of carbonyl (C=O) groups excluding carboxylic acids is 1. The summed E-state index contributed by atoms with van der Waals surface area (Å²) >= 11 is 0. The van der Waals surface area contributed by atoms with Crippen molar-refractivity contribution in [3.05, 3.63) is 35.9 Å². The van der Waals surface area contributed by atoms with Gasteiger partial charge in [0.05, 0.1) is 0 Å². The van der Waals surface area contributed by atoms with Crippen molar-refractivity contribution in [2.24, 2.45) is 10.8 Å². The maximum absolute atomic E-state index is 11.4. The maximum atomic E-state index is 11.4. The lowest BCUT2D eigenvalue weighted by Crippen LogP contribution is -2.22. The highest BCUT2D eigenvalue weighted by Gasteiger charge is 2.01. The lowest BCUT2D eigenvalue weighted by atomic mass is 10.2. The summed E-state index contributed by atoms with van der Waals surface area (Å²) in [5, 5.41) is 3.70. The highest BCUT2D eigenvalue weighted by Crippen LogP contribution is 1.97. The summed E-state index contributed by atoms with van der Waals surface area (Å²) in [5.41, 5.74) is 8.38. The normalized spacial score (nSPS) is 12.7. The van der Waals surface area contributed by atoms with E-state index in [0.717, 1.165) is 0 Å². The van der Waals surface area contributed by atoms with E-state index in [1.54, 1.807) is 31.2 Å². The van der Waals surface area contributed by atoms with Gasteiger partial charge in [0.15, 0.2) is 0 Å². The van der Waals surface area contributed by atoms with E-state index in [0.29, 0.717) is 5.56 Å². The van der Waals surface area contributed by atoms with E-state index in [-0.39, 0.29) is 11.9 Å². The van der Waals surface area contributed by atoms with Crippen LogP contribution < -0.4 is 11.2 Å². The van der Waals surface area contributed by atoms with Crippen LogP contribution in [0.2, 0.25) is 0 Å². The van der Waals surface area contributed by atoms with Gasteiger partial charge in [-0.15, -0.1) is 0 Å². The summed E-state index contributed by atoms with van der Waals surface area (Å²) in [6, 6.07) is 8.72. The van der Waals surface area contributed by atoms with Crippen molar-refractivity contribution in [1.29, 1.82) is 0 Å². The average molecular weight is 191 g/mol. The molecule has 1 unspecified atom stereocenters. The third-order valence-electron chi connectivity index (χ3n) is 1.51. The molecule has 1 atom stereocenters. The fourth-order valence-corrected chi connectivity index (χ4v) is 0.868. The Kier molecular flexibility index (Phi) is 3.82. The Bertz CT molecular complexity index is 319. The van der Waals surface area contributed by atoms with Gasteiger partial charge in [-0.25, -0.2) is 5.43 Å². The van der Waals surface area contributed by atoms with E-state index in [4.69, 9.17) is 5.73 Å². The molecule has 0 radical (unpaired) electrons. The quantitative estimate of drug-likeness (QED) is 0.547. The molecule has 0 heterocycles. The monoisotopic (exact) mass is 191 g/mol. The topological polar surface area (TPSA) is 67.5 Å². The first-order chi connectivity index (χ1) is 6.70. The van der Waals surface area contributed by atoms with Crippen LogP contribution in [0.5, 0.6) is 0 Å². The predicted molar refractivity (Wildman–Crippen MR) is 56.0 cm³/mol. The first-order valence-corrected chi connectivity index (χ1v) is 4.34. The number of nitrogens with two attached hydrogens (primary N) is 1. The van der Waals surface area contributed by atoms with Gasteiger partial charge in [-0.1, -0.05) is 18.2 Å². The predicted octanol–water partition coefficient (Wildman–Crippen LogP) is 0.749. The van der Waals surface area contributed by atoms with Gasteiger partial charge in [-0.3, -0.25) is 4.79 Å². The van der Waals surface area contributed by atoms with E-state index in [1.165, 1.54) is 6.21 Å². The molecule has 0 aliphatic carbocycles. The first-order valence-electron chi connectivity index (χ1n) is 4.34. The second-order valence-electron chi connectivity index (χ2n) is 2.94. The molecule has 1 amide bonds. The number of hydrogen-bond donors (Lipinski definition) is 2. The lowest BCUT2D eigenvalue weighted by Gasteiger charge is -1.99. The van der Waals surface area contributed by atoms with E-state index < -0.39 is 0 Å². The van der Waals surface area contributed by atoms with Gasteiger partial charge < -0.3 is 5.73 Å². The number of benzene rings is 1. The Hall–Kier alpha value is -1.68. The van der Waals surface area contributed by atoms with Crippen LogP contribution in [0.1, 0.15) is 17.3 Å². The first kappa shape index (κ1) is 10.4. The van der Waals surface area contributed by atoms with Crippen LogP contribution in [0.15, 0.2) is 35.4 Å². The van der Waals surface area contributed by atoms with Crippen LogP contribution in [-0.4, -0.2) is 18.2 Å². The van der Waals surface area contributed by atoms with Crippen molar-refractivity contribution >= 4 is 12.1 Å². The van der Waals surface area contributed by atoms with Crippen molar-refractivity contribution in [1.82, 2.24) is 5.43 Å². The highest BCUT2D eigenvalue weighted by molar-refractivity contribution is 5.94. The molecule has 3 N–H and O–H groups in total. The van der Waals surface area contributed by atoms with E-state index in [1.807, 2.05) is 6.07 Å². The molecule has 0 saturated heterocycles. The molecule has 1 aromatic rings. The zero-order chi connectivity index (χ0) is 10.4. The standard InChI is InChI=1S/C10H13N3O/c1-8(11)7-12-13-10(14)9-5-3-2-4-6-9/h2-8H,11H2,1H3,(H,13,14). The minimum atomic E-state index is -0.234. The minimum Gasteiger partial charge on any atom is -0.323 e. The van der Waals surface area contributed by atoms with Gasteiger partial charge in [-0.05, 0) is 19.1 Å². The fourth-order valence-electron chi connectivity index (χ4n) is 0.868. The molecular formula is C10H13N3O. The Labute approximate surface area is 82.8 Å². The van der Waals surface area contributed by atoms with Crippen LogP contribution in [0.3, 0.4) is 0 Å². The third kappa shape index (κ3) is 3.37. The van der Waals surface area contributed by atoms with E-state index >= 15 is 0 Å². The molecule has 74 valence electrons. The Morgan fingerprint density at radius 3 is 2.71 bits per heavy atom. The Morgan fingerprint density at radius 2 is 2.14 bits per heavy atom.